The van der Waals surface area contributed by atoms with Gasteiger partial charge in [0.2, 0.25) is 5.91 Å². The van der Waals surface area contributed by atoms with Gasteiger partial charge in [-0.1, -0.05) is 24.3 Å². The molecule has 164 valence electrons. The summed E-state index contributed by atoms with van der Waals surface area (Å²) in [7, 11) is 0. The smallest absolute Gasteiger partial charge is 0.222 e. The summed E-state index contributed by atoms with van der Waals surface area (Å²) in [5, 5.41) is 7.61. The predicted molar refractivity (Wildman–Crippen MR) is 135 cm³/mol. The number of nitrogens with zero attached hydrogens (tertiary/aromatic N) is 3. The molecule has 0 saturated carbocycles. The molecule has 0 bridgehead atoms. The van der Waals surface area contributed by atoms with Gasteiger partial charge in [-0.05, 0) is 44.7 Å². The Bertz CT molecular complexity index is 847. The molecular formula is C22H32IN5OS. The van der Waals surface area contributed by atoms with Gasteiger partial charge in [0.15, 0.2) is 5.96 Å². The van der Waals surface area contributed by atoms with Crippen molar-refractivity contribution >= 4 is 47.2 Å². The lowest BCUT2D eigenvalue weighted by molar-refractivity contribution is -0.132. The first-order valence-electron chi connectivity index (χ1n) is 10.4. The molecule has 1 aromatic carbocycles. The van der Waals surface area contributed by atoms with Gasteiger partial charge < -0.3 is 15.5 Å². The number of benzene rings is 1. The van der Waals surface area contributed by atoms with E-state index in [-0.39, 0.29) is 29.9 Å². The van der Waals surface area contributed by atoms with Crippen LogP contribution in [0.2, 0.25) is 0 Å². The number of guanidine groups is 1. The SMILES string of the molecule is CCNC(=NCc1nc(C)c(C)s1)NCCCC(=O)N1CCc2ccccc2C1.I. The monoisotopic (exact) mass is 541 g/mol. The first-order chi connectivity index (χ1) is 14.1. The van der Waals surface area contributed by atoms with Crippen molar-refractivity contribution < 1.29 is 4.79 Å². The number of halogens is 1. The summed E-state index contributed by atoms with van der Waals surface area (Å²) in [5.74, 6) is 1.01. The number of hydrogen-bond acceptors (Lipinski definition) is 4. The number of fused-ring (bicyclic) bond motifs is 1. The maximum Gasteiger partial charge on any atom is 0.222 e. The van der Waals surface area contributed by atoms with Crippen LogP contribution in [0.1, 0.15) is 46.5 Å². The number of aryl methyl sites for hydroxylation is 2. The number of thiazole rings is 1. The Morgan fingerprint density at radius 2 is 2.00 bits per heavy atom. The molecule has 0 aliphatic carbocycles. The molecule has 0 fully saturated rings. The molecule has 0 saturated heterocycles. The van der Waals surface area contributed by atoms with Crippen molar-refractivity contribution in [2.45, 2.75) is 53.1 Å². The van der Waals surface area contributed by atoms with Crippen LogP contribution in [0.25, 0.3) is 0 Å². The number of nitrogens with one attached hydrogen (secondary N) is 2. The average molecular weight is 542 g/mol. The van der Waals surface area contributed by atoms with E-state index in [1.807, 2.05) is 24.8 Å². The molecule has 6 nitrogen and oxygen atoms in total. The van der Waals surface area contributed by atoms with Crippen LogP contribution in [-0.2, 0) is 24.3 Å². The summed E-state index contributed by atoms with van der Waals surface area (Å²) in [6.07, 6.45) is 2.30. The van der Waals surface area contributed by atoms with Gasteiger partial charge in [0.25, 0.3) is 0 Å². The third-order valence-electron chi connectivity index (χ3n) is 5.13. The van der Waals surface area contributed by atoms with Crippen LogP contribution in [0.4, 0.5) is 0 Å². The molecule has 8 heteroatoms. The molecule has 0 unspecified atom stereocenters. The Morgan fingerprint density at radius 1 is 1.23 bits per heavy atom. The van der Waals surface area contributed by atoms with Crippen molar-refractivity contribution in [1.82, 2.24) is 20.5 Å². The van der Waals surface area contributed by atoms with E-state index in [4.69, 9.17) is 0 Å². The standard InChI is InChI=1S/C22H31N5OS.HI/c1-4-23-22(25-14-20-26-16(2)17(3)29-20)24-12-7-10-21(28)27-13-11-18-8-5-6-9-19(18)15-27;/h5-6,8-9H,4,7,10-15H2,1-3H3,(H2,23,24,25);1H. The highest BCUT2D eigenvalue weighted by Crippen LogP contribution is 2.19. The zero-order valence-electron chi connectivity index (χ0n) is 18.0. The Labute approximate surface area is 200 Å². The van der Waals surface area contributed by atoms with E-state index in [0.29, 0.717) is 13.0 Å². The first-order valence-corrected chi connectivity index (χ1v) is 11.2. The summed E-state index contributed by atoms with van der Waals surface area (Å²) in [4.78, 5) is 24.9. The van der Waals surface area contributed by atoms with Gasteiger partial charge >= 0.3 is 0 Å². The minimum Gasteiger partial charge on any atom is -0.357 e. The molecule has 30 heavy (non-hydrogen) atoms. The normalized spacial score (nSPS) is 13.4. The quantitative estimate of drug-likeness (QED) is 0.242. The Hall–Kier alpha value is -1.68. The van der Waals surface area contributed by atoms with Gasteiger partial charge in [-0.3, -0.25) is 4.79 Å². The molecular weight excluding hydrogens is 509 g/mol. The Morgan fingerprint density at radius 3 is 2.70 bits per heavy atom. The minimum atomic E-state index is 0. The van der Waals surface area contributed by atoms with E-state index in [2.05, 4.69) is 45.7 Å². The number of amides is 1. The molecule has 2 heterocycles. The zero-order valence-corrected chi connectivity index (χ0v) is 21.2. The van der Waals surface area contributed by atoms with E-state index < -0.39 is 0 Å². The van der Waals surface area contributed by atoms with Gasteiger partial charge in [-0.15, -0.1) is 35.3 Å². The maximum atomic E-state index is 12.6. The molecule has 2 N–H and O–H groups in total. The second-order valence-electron chi connectivity index (χ2n) is 7.31. The van der Waals surface area contributed by atoms with Crippen LogP contribution in [0, 0.1) is 13.8 Å². The van der Waals surface area contributed by atoms with Crippen LogP contribution in [0.5, 0.6) is 0 Å². The summed E-state index contributed by atoms with van der Waals surface area (Å²) in [6, 6.07) is 8.41. The second kappa shape index (κ2) is 12.2. The number of carbonyl (C=O) groups excluding carboxylic acids is 1. The molecule has 1 aliphatic rings. The van der Waals surface area contributed by atoms with Crippen molar-refractivity contribution in [2.75, 3.05) is 19.6 Å². The minimum absolute atomic E-state index is 0. The summed E-state index contributed by atoms with van der Waals surface area (Å²) in [5.41, 5.74) is 3.73. The van der Waals surface area contributed by atoms with E-state index >= 15 is 0 Å². The summed E-state index contributed by atoms with van der Waals surface area (Å²) < 4.78 is 0. The largest absolute Gasteiger partial charge is 0.357 e. The van der Waals surface area contributed by atoms with E-state index in [0.717, 1.165) is 55.7 Å². The van der Waals surface area contributed by atoms with Gasteiger partial charge in [-0.2, -0.15) is 0 Å². The van der Waals surface area contributed by atoms with Crippen molar-refractivity contribution in [2.24, 2.45) is 4.99 Å². The van der Waals surface area contributed by atoms with Crippen LogP contribution < -0.4 is 10.6 Å². The molecule has 2 aromatic rings. The fourth-order valence-electron chi connectivity index (χ4n) is 3.41. The first kappa shape index (κ1) is 24.6. The Balaban J connectivity index is 0.00000320. The highest BCUT2D eigenvalue weighted by atomic mass is 127. The average Bonchev–Trinajstić information content (AvgIpc) is 3.06. The van der Waals surface area contributed by atoms with Crippen LogP contribution >= 0.6 is 35.3 Å². The van der Waals surface area contributed by atoms with E-state index in [9.17, 15) is 4.79 Å². The van der Waals surface area contributed by atoms with Gasteiger partial charge in [0.05, 0.1) is 12.2 Å². The number of aliphatic imine (C=N–C) groups is 1. The molecule has 3 rings (SSSR count). The molecule has 0 radical (unpaired) electrons. The van der Waals surface area contributed by atoms with E-state index in [1.54, 1.807) is 11.3 Å². The lowest BCUT2D eigenvalue weighted by atomic mass is 9.99. The van der Waals surface area contributed by atoms with Crippen LogP contribution in [0.15, 0.2) is 29.3 Å². The van der Waals surface area contributed by atoms with Gasteiger partial charge in [0, 0.05) is 37.5 Å². The topological polar surface area (TPSA) is 69.6 Å². The molecule has 1 amide bonds. The lowest BCUT2D eigenvalue weighted by Gasteiger charge is -2.29. The van der Waals surface area contributed by atoms with Crippen molar-refractivity contribution in [1.29, 1.82) is 0 Å². The second-order valence-corrected chi connectivity index (χ2v) is 8.60. The number of aromatic nitrogens is 1. The fourth-order valence-corrected chi connectivity index (χ4v) is 4.27. The summed E-state index contributed by atoms with van der Waals surface area (Å²) >= 11 is 1.69. The molecule has 1 aliphatic heterocycles. The van der Waals surface area contributed by atoms with Crippen LogP contribution in [0.3, 0.4) is 0 Å². The highest BCUT2D eigenvalue weighted by Gasteiger charge is 2.19. The van der Waals surface area contributed by atoms with Crippen molar-refractivity contribution in [3.8, 4) is 0 Å². The van der Waals surface area contributed by atoms with E-state index in [1.165, 1.54) is 16.0 Å². The number of hydrogen-bond donors (Lipinski definition) is 2. The third kappa shape index (κ3) is 6.94. The fraction of sp³-hybridized carbons (Fsp3) is 0.500. The third-order valence-corrected chi connectivity index (χ3v) is 6.19. The number of rotatable bonds is 7. The zero-order chi connectivity index (χ0) is 20.6. The van der Waals surface area contributed by atoms with Gasteiger partial charge in [-0.25, -0.2) is 9.98 Å². The Kier molecular flexibility index (Phi) is 10.0. The van der Waals surface area contributed by atoms with Crippen molar-refractivity contribution in [3.63, 3.8) is 0 Å². The van der Waals surface area contributed by atoms with Crippen molar-refractivity contribution in [3.05, 3.63) is 51.0 Å². The van der Waals surface area contributed by atoms with Gasteiger partial charge in [0.1, 0.15) is 5.01 Å². The molecule has 0 spiro atoms. The predicted octanol–water partition coefficient (Wildman–Crippen LogP) is 3.80. The summed E-state index contributed by atoms with van der Waals surface area (Å²) in [6.45, 7) is 9.81. The van der Waals surface area contributed by atoms with Crippen LogP contribution in [-0.4, -0.2) is 41.4 Å². The molecule has 0 atom stereocenters. The maximum absolute atomic E-state index is 12.6. The molecule has 1 aromatic heterocycles. The lowest BCUT2D eigenvalue weighted by Crippen LogP contribution is -2.39. The number of carbonyl (C=O) groups is 1. The highest BCUT2D eigenvalue weighted by molar-refractivity contribution is 14.0.